The van der Waals surface area contributed by atoms with Crippen molar-refractivity contribution < 1.29 is 9.90 Å². The van der Waals surface area contributed by atoms with Gasteiger partial charge >= 0.3 is 0 Å². The zero-order valence-corrected chi connectivity index (χ0v) is 13.4. The van der Waals surface area contributed by atoms with E-state index in [0.717, 1.165) is 11.1 Å². The van der Waals surface area contributed by atoms with Crippen LogP contribution in [0.4, 0.5) is 0 Å². The minimum Gasteiger partial charge on any atom is -0.384 e. The molecule has 1 atom stereocenters. The number of benzene rings is 1. The van der Waals surface area contributed by atoms with Crippen molar-refractivity contribution >= 4 is 28.8 Å². The molecule has 112 valence electrons. The topological polar surface area (TPSA) is 49.3 Å². The first-order valence-corrected chi connectivity index (χ1v) is 8.06. The van der Waals surface area contributed by atoms with Gasteiger partial charge in [-0.15, -0.1) is 0 Å². The normalized spacial score (nSPS) is 13.7. The average molecular weight is 324 g/mol. The van der Waals surface area contributed by atoms with Gasteiger partial charge < -0.3 is 10.4 Å². The predicted octanol–water partition coefficient (Wildman–Crippen LogP) is 3.36. The molecule has 0 spiro atoms. The van der Waals surface area contributed by atoms with Crippen LogP contribution in [0.3, 0.4) is 0 Å². The Labute approximate surface area is 133 Å². The Morgan fingerprint density at radius 3 is 2.90 bits per heavy atom. The fraction of sp³-hybridized carbons (Fsp3) is 0.312. The van der Waals surface area contributed by atoms with E-state index in [1.807, 2.05) is 41.1 Å². The van der Waals surface area contributed by atoms with Crippen LogP contribution in [-0.2, 0) is 16.8 Å². The number of carbonyl (C=O) groups is 1. The van der Waals surface area contributed by atoms with E-state index in [-0.39, 0.29) is 12.5 Å². The maximum absolute atomic E-state index is 11.9. The Balaban J connectivity index is 1.80. The first-order valence-electron chi connectivity index (χ1n) is 6.73. The van der Waals surface area contributed by atoms with E-state index in [4.69, 9.17) is 11.6 Å². The predicted molar refractivity (Wildman–Crippen MR) is 86.7 cm³/mol. The van der Waals surface area contributed by atoms with Crippen molar-refractivity contribution in [2.24, 2.45) is 0 Å². The highest BCUT2D eigenvalue weighted by Crippen LogP contribution is 2.22. The maximum atomic E-state index is 11.9. The van der Waals surface area contributed by atoms with Crippen molar-refractivity contribution in [1.82, 2.24) is 5.32 Å². The molecule has 2 rings (SSSR count). The van der Waals surface area contributed by atoms with Crippen molar-refractivity contribution in [3.63, 3.8) is 0 Å². The van der Waals surface area contributed by atoms with Crippen LogP contribution >= 0.6 is 22.9 Å². The number of hydrogen-bond donors (Lipinski definition) is 2. The number of rotatable bonds is 6. The van der Waals surface area contributed by atoms with Crippen LogP contribution in [0.2, 0.25) is 5.02 Å². The smallest absolute Gasteiger partial charge is 0.220 e. The van der Waals surface area contributed by atoms with Crippen LogP contribution < -0.4 is 5.32 Å². The molecule has 1 heterocycles. The molecule has 1 unspecified atom stereocenters. The lowest BCUT2D eigenvalue weighted by atomic mass is 9.99. The van der Waals surface area contributed by atoms with Gasteiger partial charge in [0.2, 0.25) is 5.91 Å². The molecule has 1 aromatic carbocycles. The fourth-order valence-corrected chi connectivity index (χ4v) is 2.98. The van der Waals surface area contributed by atoms with E-state index in [2.05, 4.69) is 5.32 Å². The van der Waals surface area contributed by atoms with Crippen LogP contribution in [0, 0.1) is 0 Å². The van der Waals surface area contributed by atoms with Gasteiger partial charge in [-0.2, -0.15) is 11.3 Å². The zero-order valence-electron chi connectivity index (χ0n) is 11.8. The molecule has 0 radical (unpaired) electrons. The van der Waals surface area contributed by atoms with Crippen molar-refractivity contribution in [1.29, 1.82) is 0 Å². The third kappa shape index (κ3) is 4.84. The lowest BCUT2D eigenvalue weighted by molar-refractivity contribution is -0.122. The minimum atomic E-state index is -1.04. The van der Waals surface area contributed by atoms with Gasteiger partial charge in [0.15, 0.2) is 0 Å². The summed E-state index contributed by atoms with van der Waals surface area (Å²) in [5.74, 6) is -0.0783. The standard InChI is InChI=1S/C16H18ClNO2S/c1-16(20,13-7-8-21-10-13)11-18-15(19)6-5-12-3-2-4-14(17)9-12/h2-4,7-10,20H,5-6,11H2,1H3,(H,18,19). The van der Waals surface area contributed by atoms with E-state index in [1.54, 1.807) is 6.92 Å². The molecular formula is C16H18ClNO2S. The summed E-state index contributed by atoms with van der Waals surface area (Å²) in [6.07, 6.45) is 1.01. The average Bonchev–Trinajstić information content (AvgIpc) is 2.98. The summed E-state index contributed by atoms with van der Waals surface area (Å²) in [5, 5.41) is 17.6. The Hall–Kier alpha value is -1.36. The first kappa shape index (κ1) is 16.0. The molecule has 0 aliphatic carbocycles. The van der Waals surface area contributed by atoms with Gasteiger partial charge in [0, 0.05) is 11.4 Å². The lowest BCUT2D eigenvalue weighted by Gasteiger charge is -2.22. The van der Waals surface area contributed by atoms with E-state index in [0.29, 0.717) is 17.9 Å². The van der Waals surface area contributed by atoms with E-state index in [9.17, 15) is 9.90 Å². The number of halogens is 1. The number of thiophene rings is 1. The molecule has 1 aromatic heterocycles. The first-order chi connectivity index (χ1) is 9.97. The Morgan fingerprint density at radius 1 is 1.43 bits per heavy atom. The highest BCUT2D eigenvalue weighted by atomic mass is 35.5. The van der Waals surface area contributed by atoms with Crippen LogP contribution in [0.1, 0.15) is 24.5 Å². The summed E-state index contributed by atoms with van der Waals surface area (Å²) < 4.78 is 0. The number of nitrogens with one attached hydrogen (secondary N) is 1. The van der Waals surface area contributed by atoms with Gasteiger partial charge in [-0.05, 0) is 53.4 Å². The van der Waals surface area contributed by atoms with Gasteiger partial charge in [-0.25, -0.2) is 0 Å². The summed E-state index contributed by atoms with van der Waals surface area (Å²) in [6.45, 7) is 1.91. The molecular weight excluding hydrogens is 306 g/mol. The molecule has 0 bridgehead atoms. The molecule has 0 aliphatic rings. The lowest BCUT2D eigenvalue weighted by Crippen LogP contribution is -2.38. The van der Waals surface area contributed by atoms with Gasteiger partial charge in [0.1, 0.15) is 5.60 Å². The van der Waals surface area contributed by atoms with Crippen molar-refractivity contribution in [2.45, 2.75) is 25.4 Å². The molecule has 0 saturated heterocycles. The summed E-state index contributed by atoms with van der Waals surface area (Å²) in [5.41, 5.74) is 0.816. The highest BCUT2D eigenvalue weighted by molar-refractivity contribution is 7.08. The molecule has 3 nitrogen and oxygen atoms in total. The number of amides is 1. The quantitative estimate of drug-likeness (QED) is 0.856. The number of aryl methyl sites for hydroxylation is 1. The molecule has 0 aliphatic heterocycles. The van der Waals surface area contributed by atoms with Gasteiger partial charge in [-0.3, -0.25) is 4.79 Å². The van der Waals surface area contributed by atoms with Gasteiger partial charge in [0.25, 0.3) is 0 Å². The van der Waals surface area contributed by atoms with Crippen LogP contribution in [0.15, 0.2) is 41.1 Å². The number of carbonyl (C=O) groups excluding carboxylic acids is 1. The number of aliphatic hydroxyl groups is 1. The highest BCUT2D eigenvalue weighted by Gasteiger charge is 2.23. The Kier molecular flexibility index (Phi) is 5.39. The van der Waals surface area contributed by atoms with Gasteiger partial charge in [0.05, 0.1) is 6.54 Å². The third-order valence-corrected chi connectivity index (χ3v) is 4.22. The molecule has 2 aromatic rings. The zero-order chi connectivity index (χ0) is 15.3. The SMILES string of the molecule is CC(O)(CNC(=O)CCc1cccc(Cl)c1)c1ccsc1. The van der Waals surface area contributed by atoms with Crippen molar-refractivity contribution in [2.75, 3.05) is 6.54 Å². The van der Waals surface area contributed by atoms with Crippen molar-refractivity contribution in [3.8, 4) is 0 Å². The van der Waals surface area contributed by atoms with E-state index in [1.165, 1.54) is 11.3 Å². The van der Waals surface area contributed by atoms with Crippen LogP contribution in [0.25, 0.3) is 0 Å². The summed E-state index contributed by atoms with van der Waals surface area (Å²) in [6, 6.07) is 9.35. The third-order valence-electron chi connectivity index (χ3n) is 3.30. The second-order valence-corrected chi connectivity index (χ2v) is 6.41. The molecule has 5 heteroatoms. The number of hydrogen-bond acceptors (Lipinski definition) is 3. The van der Waals surface area contributed by atoms with E-state index < -0.39 is 5.60 Å². The van der Waals surface area contributed by atoms with Gasteiger partial charge in [-0.1, -0.05) is 23.7 Å². The molecule has 1 amide bonds. The monoisotopic (exact) mass is 323 g/mol. The van der Waals surface area contributed by atoms with Crippen molar-refractivity contribution in [3.05, 3.63) is 57.2 Å². The second kappa shape index (κ2) is 7.07. The molecule has 0 saturated carbocycles. The summed E-state index contributed by atoms with van der Waals surface area (Å²) in [4.78, 5) is 11.9. The Bertz CT molecular complexity index is 596. The minimum absolute atomic E-state index is 0.0783. The van der Waals surface area contributed by atoms with Crippen LogP contribution in [-0.4, -0.2) is 17.6 Å². The summed E-state index contributed by atoms with van der Waals surface area (Å²) >= 11 is 7.43. The summed E-state index contributed by atoms with van der Waals surface area (Å²) in [7, 11) is 0. The molecule has 2 N–H and O–H groups in total. The maximum Gasteiger partial charge on any atom is 0.220 e. The fourth-order valence-electron chi connectivity index (χ4n) is 1.98. The second-order valence-electron chi connectivity index (χ2n) is 5.19. The largest absolute Gasteiger partial charge is 0.384 e. The van der Waals surface area contributed by atoms with Crippen LogP contribution in [0.5, 0.6) is 0 Å². The molecule has 0 fully saturated rings. The van der Waals surface area contributed by atoms with E-state index >= 15 is 0 Å². The molecule has 21 heavy (non-hydrogen) atoms. The Morgan fingerprint density at radius 2 is 2.24 bits per heavy atom.